The van der Waals surface area contributed by atoms with Crippen molar-refractivity contribution in [2.75, 3.05) is 0 Å². The van der Waals surface area contributed by atoms with E-state index in [4.69, 9.17) is 0 Å². The summed E-state index contributed by atoms with van der Waals surface area (Å²) in [5.41, 5.74) is 0.262. The second-order valence-electron chi connectivity index (χ2n) is 7.28. The van der Waals surface area contributed by atoms with E-state index in [0.717, 1.165) is 15.8 Å². The zero-order valence-electron chi connectivity index (χ0n) is 15.5. The first-order chi connectivity index (χ1) is 12.7. The maximum absolute atomic E-state index is 12.8. The monoisotopic (exact) mass is 382 g/mol. The van der Waals surface area contributed by atoms with Crippen LogP contribution in [0.25, 0.3) is 10.8 Å². The molecule has 0 fully saturated rings. The zero-order valence-corrected chi connectivity index (χ0v) is 16.3. The fraction of sp³-hybridized carbons (Fsp3) is 0.190. The zero-order chi connectivity index (χ0) is 19.7. The molecule has 140 valence electrons. The highest BCUT2D eigenvalue weighted by Crippen LogP contribution is 2.22. The van der Waals surface area contributed by atoms with Gasteiger partial charge in [-0.25, -0.2) is 0 Å². The molecule has 1 N–H and O–H groups in total. The molecule has 0 bridgehead atoms. The largest absolute Gasteiger partial charge is 0.288 e. The number of hydroxylamine groups is 2. The quantitative estimate of drug-likeness (QED) is 0.795. The van der Waals surface area contributed by atoms with Crippen LogP contribution in [0.15, 0.2) is 87.8 Å². The molecular weight excluding hydrogens is 360 g/mol. The first-order valence-electron chi connectivity index (χ1n) is 8.56. The Bertz CT molecular complexity index is 1090. The van der Waals surface area contributed by atoms with Gasteiger partial charge in [0.05, 0.1) is 16.1 Å². The molecule has 0 amide bonds. The summed E-state index contributed by atoms with van der Waals surface area (Å²) in [6.45, 7) is 5.53. The summed E-state index contributed by atoms with van der Waals surface area (Å²) in [5, 5.41) is 13.0. The van der Waals surface area contributed by atoms with Gasteiger partial charge < -0.3 is 0 Å². The summed E-state index contributed by atoms with van der Waals surface area (Å²) >= 11 is 0. The highest BCUT2D eigenvalue weighted by molar-refractivity contribution is 7.90. The van der Waals surface area contributed by atoms with Crippen LogP contribution in [0.1, 0.15) is 20.8 Å². The number of hydrogen-bond acceptors (Lipinski definition) is 4. The fourth-order valence-electron chi connectivity index (χ4n) is 2.52. The first-order valence-corrected chi connectivity index (χ1v) is 10.00. The third-order valence-corrected chi connectivity index (χ3v) is 5.41. The van der Waals surface area contributed by atoms with E-state index in [1.807, 2.05) is 45.0 Å². The van der Waals surface area contributed by atoms with Crippen molar-refractivity contribution in [2.45, 2.75) is 31.2 Å². The molecule has 5 nitrogen and oxygen atoms in total. The van der Waals surface area contributed by atoms with E-state index < -0.39 is 15.6 Å². The van der Waals surface area contributed by atoms with Gasteiger partial charge in [0.2, 0.25) is 0 Å². The highest BCUT2D eigenvalue weighted by Gasteiger charge is 2.20. The van der Waals surface area contributed by atoms with Crippen LogP contribution in [0.2, 0.25) is 0 Å². The average molecular weight is 382 g/mol. The second kappa shape index (κ2) is 7.13. The Morgan fingerprint density at radius 1 is 1.00 bits per heavy atom. The normalized spacial score (nSPS) is 17.8. The van der Waals surface area contributed by atoms with Gasteiger partial charge in [0.1, 0.15) is 0 Å². The molecule has 27 heavy (non-hydrogen) atoms. The molecule has 1 aliphatic rings. The van der Waals surface area contributed by atoms with E-state index >= 15 is 0 Å². The third kappa shape index (κ3) is 4.35. The molecule has 0 spiro atoms. The maximum atomic E-state index is 12.8. The number of hydrogen-bond donors (Lipinski definition) is 1. The Labute approximate surface area is 159 Å². The van der Waals surface area contributed by atoms with E-state index in [1.165, 1.54) is 6.20 Å². The van der Waals surface area contributed by atoms with Gasteiger partial charge in [-0.3, -0.25) is 10.3 Å². The van der Waals surface area contributed by atoms with Gasteiger partial charge in [0.15, 0.2) is 0 Å². The molecule has 0 saturated carbocycles. The topological polar surface area (TPSA) is 70.0 Å². The Morgan fingerprint density at radius 2 is 1.67 bits per heavy atom. The lowest BCUT2D eigenvalue weighted by Gasteiger charge is -2.29. The predicted molar refractivity (Wildman–Crippen MR) is 108 cm³/mol. The van der Waals surface area contributed by atoms with Crippen LogP contribution in [-0.4, -0.2) is 29.9 Å². The molecule has 0 aliphatic heterocycles. The van der Waals surface area contributed by atoms with Gasteiger partial charge in [-0.1, -0.05) is 48.6 Å². The fourth-order valence-corrected chi connectivity index (χ4v) is 3.56. The Kier molecular flexibility index (Phi) is 5.04. The lowest BCUT2D eigenvalue weighted by Crippen LogP contribution is -2.34. The summed E-state index contributed by atoms with van der Waals surface area (Å²) in [4.78, 5) is 0.132. The van der Waals surface area contributed by atoms with Gasteiger partial charge >= 0.3 is 0 Å². The lowest BCUT2D eigenvalue weighted by molar-refractivity contribution is -0.110. The van der Waals surface area contributed by atoms with Crippen molar-refractivity contribution >= 4 is 26.5 Å². The molecule has 0 aromatic heterocycles. The standard InChI is InChI=1S/C21H22N2O3S/c1-21(2,3)23(24)15-18-10-6-7-11-20(18)22-27(25,26)19-13-12-16-8-4-5-9-17(16)14-19/h4-15,24H,1-3H3/b18-15+,22-20-. The van der Waals surface area contributed by atoms with E-state index in [9.17, 15) is 13.6 Å². The summed E-state index contributed by atoms with van der Waals surface area (Å²) < 4.78 is 29.7. The SMILES string of the molecule is CC(C)(C)N(O)/C=C1\C=CC=C\C1=N\S(=O)(=O)c1ccc2ccccc2c1. The minimum Gasteiger partial charge on any atom is -0.288 e. The van der Waals surface area contributed by atoms with E-state index in [0.29, 0.717) is 5.57 Å². The van der Waals surface area contributed by atoms with Gasteiger partial charge in [-0.2, -0.15) is 12.8 Å². The van der Waals surface area contributed by atoms with Crippen LogP contribution < -0.4 is 0 Å². The molecule has 2 aromatic rings. The van der Waals surface area contributed by atoms with Crippen molar-refractivity contribution in [3.8, 4) is 0 Å². The minimum atomic E-state index is -3.89. The molecule has 0 radical (unpaired) electrons. The molecule has 6 heteroatoms. The van der Waals surface area contributed by atoms with Crippen molar-refractivity contribution in [3.05, 3.63) is 78.5 Å². The van der Waals surface area contributed by atoms with Crippen LogP contribution in [-0.2, 0) is 10.0 Å². The van der Waals surface area contributed by atoms with Crippen LogP contribution in [0, 0.1) is 0 Å². The lowest BCUT2D eigenvalue weighted by atomic mass is 10.1. The van der Waals surface area contributed by atoms with Crippen molar-refractivity contribution in [1.29, 1.82) is 0 Å². The average Bonchev–Trinajstić information content (AvgIpc) is 2.62. The first kappa shape index (κ1) is 19.1. The Balaban J connectivity index is 2.02. The second-order valence-corrected chi connectivity index (χ2v) is 8.88. The summed E-state index contributed by atoms with van der Waals surface area (Å²) in [6.07, 6.45) is 8.29. The summed E-state index contributed by atoms with van der Waals surface area (Å²) in [6, 6.07) is 12.5. The third-order valence-electron chi connectivity index (χ3n) is 4.12. The smallest absolute Gasteiger partial charge is 0.282 e. The van der Waals surface area contributed by atoms with Crippen molar-refractivity contribution in [3.63, 3.8) is 0 Å². The highest BCUT2D eigenvalue weighted by atomic mass is 32.2. The number of nitrogens with zero attached hydrogens (tertiary/aromatic N) is 2. The summed E-state index contributed by atoms with van der Waals surface area (Å²) in [7, 11) is -3.89. The molecule has 2 aromatic carbocycles. The van der Waals surface area contributed by atoms with Crippen LogP contribution in [0.3, 0.4) is 0 Å². The Morgan fingerprint density at radius 3 is 2.37 bits per heavy atom. The van der Waals surface area contributed by atoms with Gasteiger partial charge in [-0.15, -0.1) is 0 Å². The molecule has 0 saturated heterocycles. The maximum Gasteiger partial charge on any atom is 0.282 e. The number of allylic oxidation sites excluding steroid dienone is 5. The van der Waals surface area contributed by atoms with Crippen LogP contribution in [0.5, 0.6) is 0 Å². The van der Waals surface area contributed by atoms with Gasteiger partial charge in [-0.05, 0) is 49.8 Å². The van der Waals surface area contributed by atoms with Crippen LogP contribution >= 0.6 is 0 Å². The Hall–Kier alpha value is -2.70. The van der Waals surface area contributed by atoms with Crippen molar-refractivity contribution < 1.29 is 13.6 Å². The molecule has 1 aliphatic carbocycles. The van der Waals surface area contributed by atoms with Gasteiger partial charge in [0.25, 0.3) is 10.0 Å². The van der Waals surface area contributed by atoms with Crippen molar-refractivity contribution in [1.82, 2.24) is 5.06 Å². The molecular formula is C21H22N2O3S. The minimum absolute atomic E-state index is 0.132. The predicted octanol–water partition coefficient (Wildman–Crippen LogP) is 4.47. The van der Waals surface area contributed by atoms with Gasteiger partial charge in [0, 0.05) is 11.8 Å². The van der Waals surface area contributed by atoms with Crippen molar-refractivity contribution in [2.24, 2.45) is 4.40 Å². The number of rotatable bonds is 3. The molecule has 0 unspecified atom stereocenters. The van der Waals surface area contributed by atoms with E-state index in [1.54, 1.807) is 42.5 Å². The number of fused-ring (bicyclic) bond motifs is 1. The molecule has 0 atom stereocenters. The number of sulfonamides is 1. The summed E-state index contributed by atoms with van der Waals surface area (Å²) in [5.74, 6) is 0. The van der Waals surface area contributed by atoms with E-state index in [-0.39, 0.29) is 10.6 Å². The van der Waals surface area contributed by atoms with Crippen LogP contribution in [0.4, 0.5) is 0 Å². The molecule has 3 rings (SSSR count). The molecule has 0 heterocycles. The van der Waals surface area contributed by atoms with E-state index in [2.05, 4.69) is 4.40 Å². The number of benzene rings is 2.